The predicted octanol–water partition coefficient (Wildman–Crippen LogP) is 24.8. The van der Waals surface area contributed by atoms with Crippen LogP contribution < -0.4 is 5.32 Å². The van der Waals surface area contributed by atoms with Crippen molar-refractivity contribution in [2.45, 2.75) is 449 Å². The van der Waals surface area contributed by atoms with Gasteiger partial charge in [0.25, 0.3) is 0 Å². The molecule has 4 atom stereocenters. The summed E-state index contributed by atoms with van der Waals surface area (Å²) >= 11 is 0. The highest BCUT2D eigenvalue weighted by Crippen LogP contribution is 2.20. The molecular formula is C80H153NO5. The van der Waals surface area contributed by atoms with Crippen molar-refractivity contribution in [1.29, 1.82) is 0 Å². The highest BCUT2D eigenvalue weighted by atomic mass is 16.3. The molecule has 0 aliphatic rings. The zero-order chi connectivity index (χ0) is 62.2. The molecule has 0 heterocycles. The summed E-state index contributed by atoms with van der Waals surface area (Å²) in [4.78, 5) is 12.7. The van der Waals surface area contributed by atoms with Gasteiger partial charge < -0.3 is 25.7 Å². The molecule has 0 bridgehead atoms. The average molecular weight is 1210 g/mol. The summed E-state index contributed by atoms with van der Waals surface area (Å²) < 4.78 is 0. The fraction of sp³-hybridized carbons (Fsp3) is 0.887. The molecule has 0 aromatic rings. The van der Waals surface area contributed by atoms with Crippen molar-refractivity contribution >= 4 is 5.91 Å². The summed E-state index contributed by atoms with van der Waals surface area (Å²) in [6.07, 6.45) is 98.6. The van der Waals surface area contributed by atoms with Gasteiger partial charge >= 0.3 is 0 Å². The second-order valence-electron chi connectivity index (χ2n) is 27.0. The van der Waals surface area contributed by atoms with E-state index in [1.807, 2.05) is 0 Å². The van der Waals surface area contributed by atoms with Crippen molar-refractivity contribution in [3.05, 3.63) is 48.6 Å². The highest BCUT2D eigenvalue weighted by molar-refractivity contribution is 5.80. The molecule has 4 unspecified atom stereocenters. The lowest BCUT2D eigenvalue weighted by atomic mass is 10.00. The van der Waals surface area contributed by atoms with Crippen molar-refractivity contribution in [2.75, 3.05) is 6.61 Å². The number of amides is 1. The Kier molecular flexibility index (Phi) is 72.5. The third kappa shape index (κ3) is 66.7. The number of aliphatic hydroxyl groups excluding tert-OH is 4. The summed E-state index contributed by atoms with van der Waals surface area (Å²) in [5.74, 6) is -0.593. The van der Waals surface area contributed by atoms with Gasteiger partial charge in [0.15, 0.2) is 0 Å². The van der Waals surface area contributed by atoms with Crippen LogP contribution in [0.1, 0.15) is 425 Å². The minimum atomic E-state index is -1.30. The molecule has 0 aliphatic heterocycles. The number of nitrogens with one attached hydrogen (secondary N) is 1. The van der Waals surface area contributed by atoms with Gasteiger partial charge in [0.2, 0.25) is 5.91 Å². The van der Waals surface area contributed by atoms with Crippen LogP contribution in [0.15, 0.2) is 48.6 Å². The van der Waals surface area contributed by atoms with Gasteiger partial charge in [0.1, 0.15) is 12.2 Å². The zero-order valence-corrected chi connectivity index (χ0v) is 58.1. The number of aliphatic hydroxyl groups is 4. The summed E-state index contributed by atoms with van der Waals surface area (Å²) in [5.41, 5.74) is 0. The molecule has 0 saturated heterocycles. The van der Waals surface area contributed by atoms with Gasteiger partial charge in [0.05, 0.1) is 18.8 Å². The van der Waals surface area contributed by atoms with E-state index in [-0.39, 0.29) is 0 Å². The Hall–Kier alpha value is -1.73. The number of carbonyl (C=O) groups excluding carboxylic acids is 1. The van der Waals surface area contributed by atoms with Gasteiger partial charge in [-0.2, -0.15) is 0 Å². The summed E-state index contributed by atoms with van der Waals surface area (Å²) in [5, 5.41) is 44.3. The van der Waals surface area contributed by atoms with Crippen LogP contribution >= 0.6 is 0 Å². The SMILES string of the molecule is CCCCCCCCCCCCCCCCCCCC/C=C\CCCCCCCCCCCCCCCCCCC(O)C(=O)NC(CO)C(O)C(O)CCC/C=C/CC/C=C/CC/C=C/CCCCCCCCCCCCCCCCCCCCC. The Morgan fingerprint density at radius 3 is 0.733 bits per heavy atom. The van der Waals surface area contributed by atoms with E-state index in [0.29, 0.717) is 19.3 Å². The van der Waals surface area contributed by atoms with Crippen molar-refractivity contribution in [1.82, 2.24) is 5.32 Å². The minimum absolute atomic E-state index is 0.360. The van der Waals surface area contributed by atoms with E-state index in [0.717, 1.165) is 51.4 Å². The van der Waals surface area contributed by atoms with Crippen molar-refractivity contribution in [3.63, 3.8) is 0 Å². The van der Waals surface area contributed by atoms with E-state index < -0.39 is 36.9 Å². The number of hydrogen-bond acceptors (Lipinski definition) is 5. The molecular weight excluding hydrogens is 1050 g/mol. The maximum atomic E-state index is 12.7. The predicted molar refractivity (Wildman–Crippen MR) is 380 cm³/mol. The fourth-order valence-electron chi connectivity index (χ4n) is 12.4. The van der Waals surface area contributed by atoms with Crippen molar-refractivity contribution in [2.24, 2.45) is 0 Å². The Bertz CT molecular complexity index is 1410. The van der Waals surface area contributed by atoms with Gasteiger partial charge in [-0.25, -0.2) is 0 Å². The largest absolute Gasteiger partial charge is 0.394 e. The Morgan fingerprint density at radius 2 is 0.488 bits per heavy atom. The smallest absolute Gasteiger partial charge is 0.249 e. The molecule has 508 valence electrons. The molecule has 0 aromatic carbocycles. The van der Waals surface area contributed by atoms with Crippen LogP contribution in [-0.2, 0) is 4.79 Å². The molecule has 6 heteroatoms. The van der Waals surface area contributed by atoms with Crippen LogP contribution in [-0.4, -0.2) is 57.3 Å². The van der Waals surface area contributed by atoms with Gasteiger partial charge in [-0.3, -0.25) is 4.79 Å². The second-order valence-corrected chi connectivity index (χ2v) is 27.0. The third-order valence-electron chi connectivity index (χ3n) is 18.5. The van der Waals surface area contributed by atoms with E-state index in [1.54, 1.807) is 0 Å². The summed E-state index contributed by atoms with van der Waals surface area (Å²) in [7, 11) is 0. The molecule has 1 amide bonds. The molecule has 5 N–H and O–H groups in total. The maximum Gasteiger partial charge on any atom is 0.249 e. The van der Waals surface area contributed by atoms with Gasteiger partial charge in [0, 0.05) is 0 Å². The molecule has 0 fully saturated rings. The van der Waals surface area contributed by atoms with E-state index in [9.17, 15) is 25.2 Å². The zero-order valence-electron chi connectivity index (χ0n) is 58.1. The highest BCUT2D eigenvalue weighted by Gasteiger charge is 2.28. The van der Waals surface area contributed by atoms with Gasteiger partial charge in [-0.1, -0.05) is 383 Å². The van der Waals surface area contributed by atoms with Crippen LogP contribution in [0.3, 0.4) is 0 Å². The first kappa shape index (κ1) is 84.3. The van der Waals surface area contributed by atoms with Gasteiger partial charge in [-0.15, -0.1) is 0 Å². The van der Waals surface area contributed by atoms with Crippen molar-refractivity contribution < 1.29 is 25.2 Å². The number of allylic oxidation sites excluding steroid dienone is 8. The van der Waals surface area contributed by atoms with E-state index in [2.05, 4.69) is 67.8 Å². The van der Waals surface area contributed by atoms with Crippen LogP contribution in [0, 0.1) is 0 Å². The minimum Gasteiger partial charge on any atom is -0.394 e. The quantitative estimate of drug-likeness (QED) is 0.0308. The second kappa shape index (κ2) is 74.0. The van der Waals surface area contributed by atoms with Crippen LogP contribution in [0.25, 0.3) is 0 Å². The topological polar surface area (TPSA) is 110 Å². The number of unbranched alkanes of at least 4 members (excludes halogenated alkanes) is 56. The Morgan fingerprint density at radius 1 is 0.279 bits per heavy atom. The third-order valence-corrected chi connectivity index (χ3v) is 18.5. The summed E-state index contributed by atoms with van der Waals surface area (Å²) in [6, 6.07) is -1.01. The monoisotopic (exact) mass is 1210 g/mol. The lowest BCUT2D eigenvalue weighted by molar-refractivity contribution is -0.132. The molecule has 0 aromatic heterocycles. The maximum absolute atomic E-state index is 12.7. The molecule has 0 spiro atoms. The average Bonchev–Trinajstić information content (AvgIpc) is 3.73. The summed E-state index contributed by atoms with van der Waals surface area (Å²) in [6.45, 7) is 4.10. The molecule has 0 aliphatic carbocycles. The van der Waals surface area contributed by atoms with Crippen molar-refractivity contribution in [3.8, 4) is 0 Å². The lowest BCUT2D eigenvalue weighted by Gasteiger charge is -2.27. The standard InChI is InChI=1S/C80H153NO5/c1-3-5-7-9-11-13-15-17-19-21-23-25-27-29-31-33-35-37-38-39-40-41-42-44-46-48-50-52-54-56-58-60-62-64-66-68-70-72-74-78(84)80(86)81-76(75-82)79(85)77(83)73-71-69-67-65-63-61-59-57-55-53-51-49-47-45-43-36-34-32-30-28-26-24-22-20-18-16-14-12-10-8-6-4-2/h39-40,49,51,57,59,65,67,76-79,82-85H,3-38,41-48,50,52-56,58,60-64,66,68-75H2,1-2H3,(H,81,86)/b40-39-,51-49+,59-57+,67-65+. The van der Waals surface area contributed by atoms with E-state index >= 15 is 0 Å². The number of hydrogen-bond donors (Lipinski definition) is 5. The van der Waals surface area contributed by atoms with Crippen LogP contribution in [0.4, 0.5) is 0 Å². The van der Waals surface area contributed by atoms with E-state index in [4.69, 9.17) is 0 Å². The first-order valence-corrected chi connectivity index (χ1v) is 39.0. The molecule has 6 nitrogen and oxygen atoms in total. The molecule has 0 saturated carbocycles. The van der Waals surface area contributed by atoms with Crippen LogP contribution in [0.2, 0.25) is 0 Å². The fourth-order valence-corrected chi connectivity index (χ4v) is 12.4. The first-order chi connectivity index (χ1) is 42.5. The molecule has 0 radical (unpaired) electrons. The Balaban J connectivity index is 3.57. The first-order valence-electron chi connectivity index (χ1n) is 39.0. The Labute approximate surface area is 538 Å². The number of rotatable bonds is 73. The molecule has 86 heavy (non-hydrogen) atoms. The molecule has 0 rings (SSSR count). The van der Waals surface area contributed by atoms with Gasteiger partial charge in [-0.05, 0) is 89.9 Å². The van der Waals surface area contributed by atoms with E-state index in [1.165, 1.54) is 340 Å². The normalized spacial score (nSPS) is 13.6. The van der Waals surface area contributed by atoms with Crippen LogP contribution in [0.5, 0.6) is 0 Å². The lowest BCUT2D eigenvalue weighted by Crippen LogP contribution is -2.53. The number of carbonyl (C=O) groups is 1.